The lowest BCUT2D eigenvalue weighted by atomic mass is 9.98. The molecule has 0 amide bonds. The van der Waals surface area contributed by atoms with Crippen molar-refractivity contribution in [1.29, 1.82) is 0 Å². The van der Waals surface area contributed by atoms with Crippen LogP contribution in [0.25, 0.3) is 5.57 Å². The third kappa shape index (κ3) is 2.30. The molecule has 0 spiro atoms. The van der Waals surface area contributed by atoms with E-state index in [2.05, 4.69) is 53.3 Å². The van der Waals surface area contributed by atoms with Gasteiger partial charge in [0.25, 0.3) is 0 Å². The van der Waals surface area contributed by atoms with Crippen LogP contribution in [0.15, 0.2) is 23.3 Å². The second-order valence-electron chi connectivity index (χ2n) is 5.15. The van der Waals surface area contributed by atoms with E-state index in [4.69, 9.17) is 0 Å². The van der Waals surface area contributed by atoms with Crippen molar-refractivity contribution < 1.29 is 0 Å². The topological polar surface area (TPSA) is 48.5 Å². The van der Waals surface area contributed by atoms with E-state index in [1.807, 2.05) is 0 Å². The van der Waals surface area contributed by atoms with Crippen molar-refractivity contribution in [2.45, 2.75) is 26.7 Å². The summed E-state index contributed by atoms with van der Waals surface area (Å²) in [5.41, 5.74) is 13.3. The monoisotopic (exact) mass is 256 g/mol. The highest BCUT2D eigenvalue weighted by Gasteiger charge is 2.19. The molecule has 1 aliphatic carbocycles. The zero-order valence-corrected chi connectivity index (χ0v) is 11.5. The summed E-state index contributed by atoms with van der Waals surface area (Å²) in [6, 6.07) is 4.43. The molecule has 0 fully saturated rings. The molecule has 100 valence electrons. The first-order chi connectivity index (χ1) is 9.25. The maximum absolute atomic E-state index is 4.28. The maximum Gasteiger partial charge on any atom is 0.210 e. The van der Waals surface area contributed by atoms with Gasteiger partial charge >= 0.3 is 0 Å². The Bertz CT molecular complexity index is 558. The fourth-order valence-electron chi connectivity index (χ4n) is 2.84. The van der Waals surface area contributed by atoms with Gasteiger partial charge in [0, 0.05) is 12.7 Å². The Kier molecular flexibility index (Phi) is 3.15. The molecule has 4 heteroatoms. The predicted molar refractivity (Wildman–Crippen MR) is 78.8 cm³/mol. The molecule has 0 atom stereocenters. The molecular formula is C15H20N4. The van der Waals surface area contributed by atoms with E-state index in [0.29, 0.717) is 0 Å². The van der Waals surface area contributed by atoms with Crippen LogP contribution in [0.5, 0.6) is 0 Å². The molecule has 0 saturated carbocycles. The van der Waals surface area contributed by atoms with Crippen LogP contribution in [0.4, 0.5) is 0 Å². The van der Waals surface area contributed by atoms with Crippen molar-refractivity contribution in [2.75, 3.05) is 13.1 Å². The molecule has 4 nitrogen and oxygen atoms in total. The van der Waals surface area contributed by atoms with Crippen molar-refractivity contribution in [2.24, 2.45) is 4.99 Å². The summed E-state index contributed by atoms with van der Waals surface area (Å²) in [6.45, 7) is 6.15. The maximum atomic E-state index is 4.28. The highest BCUT2D eigenvalue weighted by Crippen LogP contribution is 2.35. The van der Waals surface area contributed by atoms with Crippen LogP contribution in [0.1, 0.15) is 28.7 Å². The molecule has 0 aromatic heterocycles. The Balaban J connectivity index is 1.76. The number of hydrogen-bond acceptors (Lipinski definition) is 4. The van der Waals surface area contributed by atoms with E-state index in [1.165, 1.54) is 27.8 Å². The van der Waals surface area contributed by atoms with Gasteiger partial charge in [0.2, 0.25) is 5.96 Å². The molecule has 0 radical (unpaired) electrons. The fraction of sp³-hybridized carbons (Fsp3) is 0.400. The fourth-order valence-corrected chi connectivity index (χ4v) is 2.84. The quantitative estimate of drug-likeness (QED) is 0.705. The molecule has 0 saturated heterocycles. The van der Waals surface area contributed by atoms with Crippen molar-refractivity contribution in [1.82, 2.24) is 16.2 Å². The van der Waals surface area contributed by atoms with Gasteiger partial charge in [0.1, 0.15) is 0 Å². The smallest absolute Gasteiger partial charge is 0.210 e. The van der Waals surface area contributed by atoms with Crippen LogP contribution >= 0.6 is 0 Å². The van der Waals surface area contributed by atoms with Crippen molar-refractivity contribution >= 4 is 11.5 Å². The number of nitrogens with zero attached hydrogens (tertiary/aromatic N) is 1. The van der Waals surface area contributed by atoms with Gasteiger partial charge in [0.15, 0.2) is 0 Å². The number of benzene rings is 1. The number of hydrogen-bond donors (Lipinski definition) is 3. The summed E-state index contributed by atoms with van der Waals surface area (Å²) in [6.07, 6.45) is 4.33. The number of hydrazine groups is 1. The van der Waals surface area contributed by atoms with Gasteiger partial charge in [-0.05, 0) is 54.5 Å². The van der Waals surface area contributed by atoms with E-state index < -0.39 is 0 Å². The Hall–Kier alpha value is -1.97. The molecule has 0 unspecified atom stereocenters. The molecule has 19 heavy (non-hydrogen) atoms. The van der Waals surface area contributed by atoms with Crippen molar-refractivity contribution in [3.8, 4) is 0 Å². The van der Waals surface area contributed by atoms with Crippen molar-refractivity contribution in [3.63, 3.8) is 0 Å². The number of aliphatic imine (C=N–C) groups is 1. The first-order valence-corrected chi connectivity index (χ1v) is 6.84. The van der Waals surface area contributed by atoms with Crippen LogP contribution in [-0.4, -0.2) is 19.0 Å². The molecule has 1 aromatic carbocycles. The minimum Gasteiger partial charge on any atom is -0.353 e. The van der Waals surface area contributed by atoms with Crippen molar-refractivity contribution in [3.05, 3.63) is 40.6 Å². The number of fused-ring (bicyclic) bond motifs is 1. The lowest BCUT2D eigenvalue weighted by molar-refractivity contribution is 0.790. The SMILES string of the molecule is Cc1ccc(C)c2c1CCC2=CNNC1=NCCN1. The highest BCUT2D eigenvalue weighted by atomic mass is 15.4. The Morgan fingerprint density at radius 2 is 2.05 bits per heavy atom. The van der Waals surface area contributed by atoms with Gasteiger partial charge in [-0.25, -0.2) is 0 Å². The predicted octanol–water partition coefficient (Wildman–Crippen LogP) is 1.64. The molecule has 2 aliphatic rings. The van der Waals surface area contributed by atoms with Gasteiger partial charge in [-0.15, -0.1) is 0 Å². The van der Waals surface area contributed by atoms with Gasteiger partial charge in [-0.1, -0.05) is 12.1 Å². The Morgan fingerprint density at radius 1 is 1.21 bits per heavy atom. The van der Waals surface area contributed by atoms with E-state index in [9.17, 15) is 0 Å². The summed E-state index contributed by atoms with van der Waals surface area (Å²) in [5.74, 6) is 0.830. The Morgan fingerprint density at radius 3 is 2.84 bits per heavy atom. The minimum absolute atomic E-state index is 0.830. The number of nitrogens with one attached hydrogen (secondary N) is 3. The van der Waals surface area contributed by atoms with E-state index in [-0.39, 0.29) is 0 Å². The van der Waals surface area contributed by atoms with Crippen LogP contribution < -0.4 is 16.2 Å². The van der Waals surface area contributed by atoms with Gasteiger partial charge < -0.3 is 10.7 Å². The molecule has 1 aromatic rings. The standard InChI is InChI=1S/C15H20N4/c1-10-3-4-11(2)14-12(5-6-13(10)14)9-18-19-15-16-7-8-17-15/h3-4,9,18H,5-8H2,1-2H3,(H2,16,17,19). The van der Waals surface area contributed by atoms with E-state index in [0.717, 1.165) is 31.9 Å². The summed E-state index contributed by atoms with van der Waals surface area (Å²) in [7, 11) is 0. The third-order valence-corrected chi connectivity index (χ3v) is 3.83. The second kappa shape index (κ2) is 4.96. The molecule has 3 N–H and O–H groups in total. The van der Waals surface area contributed by atoms with Gasteiger partial charge in [-0.2, -0.15) is 0 Å². The van der Waals surface area contributed by atoms with Crippen LogP contribution in [-0.2, 0) is 6.42 Å². The van der Waals surface area contributed by atoms with Gasteiger partial charge in [0.05, 0.1) is 6.54 Å². The number of allylic oxidation sites excluding steroid dienone is 1. The summed E-state index contributed by atoms with van der Waals surface area (Å²) in [5, 5.41) is 3.17. The summed E-state index contributed by atoms with van der Waals surface area (Å²) >= 11 is 0. The average Bonchev–Trinajstić information content (AvgIpc) is 3.04. The zero-order valence-electron chi connectivity index (χ0n) is 11.5. The van der Waals surface area contributed by atoms with E-state index >= 15 is 0 Å². The molecular weight excluding hydrogens is 236 g/mol. The highest BCUT2D eigenvalue weighted by molar-refractivity contribution is 5.81. The molecule has 3 rings (SSSR count). The third-order valence-electron chi connectivity index (χ3n) is 3.83. The molecule has 1 heterocycles. The lowest BCUT2D eigenvalue weighted by Crippen LogP contribution is -2.40. The number of rotatable bonds is 2. The van der Waals surface area contributed by atoms with Crippen LogP contribution in [0.3, 0.4) is 0 Å². The largest absolute Gasteiger partial charge is 0.353 e. The lowest BCUT2D eigenvalue weighted by Gasteiger charge is -2.10. The van der Waals surface area contributed by atoms with Crippen LogP contribution in [0, 0.1) is 13.8 Å². The molecule has 0 bridgehead atoms. The number of aryl methyl sites for hydroxylation is 2. The second-order valence-corrected chi connectivity index (χ2v) is 5.15. The minimum atomic E-state index is 0.830. The van der Waals surface area contributed by atoms with E-state index in [1.54, 1.807) is 0 Å². The average molecular weight is 256 g/mol. The summed E-state index contributed by atoms with van der Waals surface area (Å²) in [4.78, 5) is 4.28. The normalized spacial score (nSPS) is 19.1. The summed E-state index contributed by atoms with van der Waals surface area (Å²) < 4.78 is 0. The Labute approximate surface area is 114 Å². The zero-order chi connectivity index (χ0) is 13.2. The first kappa shape index (κ1) is 12.1. The first-order valence-electron chi connectivity index (χ1n) is 6.84. The van der Waals surface area contributed by atoms with Crippen LogP contribution in [0.2, 0.25) is 0 Å². The van der Waals surface area contributed by atoms with Gasteiger partial charge in [-0.3, -0.25) is 10.4 Å². The molecule has 1 aliphatic heterocycles. The number of guanidine groups is 1.